The molecule has 2 aromatic rings. The van der Waals surface area contributed by atoms with Crippen molar-refractivity contribution in [3.63, 3.8) is 0 Å². The van der Waals surface area contributed by atoms with E-state index in [1.165, 1.54) is 23.5 Å². The van der Waals surface area contributed by atoms with E-state index in [2.05, 4.69) is 10.2 Å². The van der Waals surface area contributed by atoms with E-state index < -0.39 is 0 Å². The lowest BCUT2D eigenvalue weighted by molar-refractivity contribution is -0.0753. The van der Waals surface area contributed by atoms with E-state index in [1.54, 1.807) is 19.3 Å². The van der Waals surface area contributed by atoms with Crippen LogP contribution in [0.25, 0.3) is 10.2 Å². The first-order chi connectivity index (χ1) is 6.72. The van der Waals surface area contributed by atoms with Crippen molar-refractivity contribution < 1.29 is 9.63 Å². The fraction of sp³-hybridized carbons (Fsp3) is 0.250. The fourth-order valence-electron chi connectivity index (χ4n) is 1.09. The number of aromatic amines is 1. The monoisotopic (exact) mass is 211 g/mol. The maximum atomic E-state index is 11.6. The van der Waals surface area contributed by atoms with Crippen LogP contribution in [0.15, 0.2) is 12.3 Å². The van der Waals surface area contributed by atoms with Crippen LogP contribution in [0.5, 0.6) is 0 Å². The standard InChI is InChI=1S/C8H9N3O2S/c1-11(13-2)8(12)6-3-5-7(14-6)4-9-10-5/h3-4H,1-2H3,(H,9,10). The highest BCUT2D eigenvalue weighted by molar-refractivity contribution is 7.20. The third-order valence-electron chi connectivity index (χ3n) is 1.90. The molecule has 0 aromatic carbocycles. The quantitative estimate of drug-likeness (QED) is 0.761. The number of hydroxylamine groups is 2. The molecular weight excluding hydrogens is 202 g/mol. The number of aromatic nitrogens is 2. The van der Waals surface area contributed by atoms with Crippen LogP contribution in [0.2, 0.25) is 0 Å². The highest BCUT2D eigenvalue weighted by Gasteiger charge is 2.15. The van der Waals surface area contributed by atoms with Gasteiger partial charge in [-0.1, -0.05) is 0 Å². The molecule has 0 spiro atoms. The zero-order valence-electron chi connectivity index (χ0n) is 7.77. The first-order valence-corrected chi connectivity index (χ1v) is 4.79. The third kappa shape index (κ3) is 1.38. The molecule has 6 heteroatoms. The Hall–Kier alpha value is -1.40. The summed E-state index contributed by atoms with van der Waals surface area (Å²) < 4.78 is 0.970. The van der Waals surface area contributed by atoms with Crippen LogP contribution in [-0.4, -0.2) is 35.3 Å². The SMILES string of the molecule is CON(C)C(=O)c1cc2[nH]ncc2s1. The second-order valence-electron chi connectivity index (χ2n) is 2.74. The maximum absolute atomic E-state index is 11.6. The lowest BCUT2D eigenvalue weighted by atomic mass is 10.4. The number of hydrogen-bond donors (Lipinski definition) is 1. The van der Waals surface area contributed by atoms with Gasteiger partial charge in [0.2, 0.25) is 0 Å². The van der Waals surface area contributed by atoms with Crippen molar-refractivity contribution in [3.8, 4) is 0 Å². The fourth-order valence-corrected chi connectivity index (χ4v) is 2.04. The molecule has 0 fully saturated rings. The topological polar surface area (TPSA) is 58.2 Å². The molecule has 0 bridgehead atoms. The number of carbonyl (C=O) groups is 1. The van der Waals surface area contributed by atoms with E-state index >= 15 is 0 Å². The van der Waals surface area contributed by atoms with Gasteiger partial charge in [0.05, 0.1) is 28.4 Å². The molecule has 0 radical (unpaired) electrons. The van der Waals surface area contributed by atoms with Crippen LogP contribution < -0.4 is 0 Å². The van der Waals surface area contributed by atoms with Gasteiger partial charge in [0.1, 0.15) is 0 Å². The van der Waals surface area contributed by atoms with Crippen molar-refractivity contribution >= 4 is 27.5 Å². The Balaban J connectivity index is 2.35. The van der Waals surface area contributed by atoms with E-state index in [-0.39, 0.29) is 5.91 Å². The molecule has 1 N–H and O–H groups in total. The molecule has 1 amide bonds. The molecule has 0 aliphatic carbocycles. The number of nitrogens with one attached hydrogen (secondary N) is 1. The minimum absolute atomic E-state index is 0.151. The van der Waals surface area contributed by atoms with Crippen LogP contribution in [0.1, 0.15) is 9.67 Å². The van der Waals surface area contributed by atoms with Gasteiger partial charge in [-0.05, 0) is 6.07 Å². The molecule has 14 heavy (non-hydrogen) atoms. The van der Waals surface area contributed by atoms with Gasteiger partial charge in [-0.25, -0.2) is 5.06 Å². The highest BCUT2D eigenvalue weighted by atomic mass is 32.1. The molecule has 5 nitrogen and oxygen atoms in total. The van der Waals surface area contributed by atoms with Crippen molar-refractivity contribution in [1.29, 1.82) is 0 Å². The largest absolute Gasteiger partial charge is 0.287 e. The number of amides is 1. The molecule has 0 saturated heterocycles. The van der Waals surface area contributed by atoms with Crippen molar-refractivity contribution in [2.24, 2.45) is 0 Å². The number of carbonyl (C=O) groups excluding carboxylic acids is 1. The number of H-pyrrole nitrogens is 1. The molecule has 0 saturated carbocycles. The van der Waals surface area contributed by atoms with Crippen molar-refractivity contribution in [1.82, 2.24) is 15.3 Å². The van der Waals surface area contributed by atoms with Gasteiger partial charge in [0.15, 0.2) is 0 Å². The van der Waals surface area contributed by atoms with Gasteiger partial charge in [0.25, 0.3) is 5.91 Å². The molecule has 2 aromatic heterocycles. The predicted octanol–water partition coefficient (Wildman–Crippen LogP) is 1.26. The van der Waals surface area contributed by atoms with Gasteiger partial charge in [-0.15, -0.1) is 11.3 Å². The molecule has 74 valence electrons. The van der Waals surface area contributed by atoms with Gasteiger partial charge < -0.3 is 0 Å². The predicted molar refractivity (Wildman–Crippen MR) is 53.1 cm³/mol. The van der Waals surface area contributed by atoms with Crippen LogP contribution in [0.4, 0.5) is 0 Å². The summed E-state index contributed by atoms with van der Waals surface area (Å²) in [6.45, 7) is 0. The van der Waals surface area contributed by atoms with Crippen molar-refractivity contribution in [3.05, 3.63) is 17.1 Å². The Morgan fingerprint density at radius 3 is 3.14 bits per heavy atom. The average molecular weight is 211 g/mol. The van der Waals surface area contributed by atoms with Gasteiger partial charge in [-0.2, -0.15) is 5.10 Å². The maximum Gasteiger partial charge on any atom is 0.287 e. The van der Waals surface area contributed by atoms with E-state index in [0.29, 0.717) is 4.88 Å². The summed E-state index contributed by atoms with van der Waals surface area (Å²) in [5, 5.41) is 7.85. The molecule has 0 unspecified atom stereocenters. The first-order valence-electron chi connectivity index (χ1n) is 3.97. The van der Waals surface area contributed by atoms with E-state index in [9.17, 15) is 4.79 Å². The van der Waals surface area contributed by atoms with Crippen LogP contribution >= 0.6 is 11.3 Å². The zero-order chi connectivity index (χ0) is 10.1. The summed E-state index contributed by atoms with van der Waals surface area (Å²) in [6, 6.07) is 1.77. The Kier molecular flexibility index (Phi) is 2.22. The number of rotatable bonds is 2. The van der Waals surface area contributed by atoms with E-state index in [1.807, 2.05) is 0 Å². The Bertz CT molecular complexity index is 433. The van der Waals surface area contributed by atoms with Crippen LogP contribution in [0, 0.1) is 0 Å². The van der Waals surface area contributed by atoms with E-state index in [4.69, 9.17) is 4.84 Å². The van der Waals surface area contributed by atoms with Crippen LogP contribution in [-0.2, 0) is 4.84 Å². The smallest absolute Gasteiger partial charge is 0.277 e. The minimum Gasteiger partial charge on any atom is -0.277 e. The minimum atomic E-state index is -0.151. The average Bonchev–Trinajstić information content (AvgIpc) is 2.74. The zero-order valence-corrected chi connectivity index (χ0v) is 8.59. The first kappa shape index (κ1) is 9.17. The Labute approximate surface area is 84.2 Å². The lowest BCUT2D eigenvalue weighted by Gasteiger charge is -2.11. The lowest BCUT2D eigenvalue weighted by Crippen LogP contribution is -2.24. The molecule has 0 aliphatic rings. The number of hydrogen-bond acceptors (Lipinski definition) is 4. The van der Waals surface area contributed by atoms with Crippen molar-refractivity contribution in [2.75, 3.05) is 14.2 Å². The number of fused-ring (bicyclic) bond motifs is 1. The van der Waals surface area contributed by atoms with E-state index in [0.717, 1.165) is 10.2 Å². The summed E-state index contributed by atoms with van der Waals surface area (Å²) in [7, 11) is 3.04. The normalized spacial score (nSPS) is 10.7. The second kappa shape index (κ2) is 3.39. The summed E-state index contributed by atoms with van der Waals surface area (Å²) in [6.07, 6.45) is 1.70. The summed E-state index contributed by atoms with van der Waals surface area (Å²) in [5.74, 6) is -0.151. The number of nitrogens with zero attached hydrogens (tertiary/aromatic N) is 2. The highest BCUT2D eigenvalue weighted by Crippen LogP contribution is 2.24. The molecule has 0 aliphatic heterocycles. The summed E-state index contributed by atoms with van der Waals surface area (Å²) >= 11 is 1.39. The molecular formula is C8H9N3O2S. The second-order valence-corrected chi connectivity index (χ2v) is 3.83. The third-order valence-corrected chi connectivity index (χ3v) is 2.96. The number of thiophene rings is 1. The molecule has 2 heterocycles. The van der Waals surface area contributed by atoms with Gasteiger partial charge >= 0.3 is 0 Å². The van der Waals surface area contributed by atoms with Gasteiger partial charge in [-0.3, -0.25) is 14.7 Å². The van der Waals surface area contributed by atoms with Gasteiger partial charge in [0, 0.05) is 7.05 Å². The molecule has 0 atom stereocenters. The molecule has 2 rings (SSSR count). The van der Waals surface area contributed by atoms with Crippen LogP contribution in [0.3, 0.4) is 0 Å². The summed E-state index contributed by atoms with van der Waals surface area (Å²) in [4.78, 5) is 17.1. The summed E-state index contributed by atoms with van der Waals surface area (Å²) in [5.41, 5.74) is 0.878. The Morgan fingerprint density at radius 1 is 1.71 bits per heavy atom. The Morgan fingerprint density at radius 2 is 2.50 bits per heavy atom. The van der Waals surface area contributed by atoms with Crippen molar-refractivity contribution in [2.45, 2.75) is 0 Å².